The molecule has 1 aliphatic heterocycles. The average molecular weight is 410 g/mol. The van der Waals surface area contributed by atoms with E-state index < -0.39 is 10.0 Å². The van der Waals surface area contributed by atoms with Gasteiger partial charge in [-0.2, -0.15) is 4.31 Å². The zero-order valence-electron chi connectivity index (χ0n) is 16.7. The van der Waals surface area contributed by atoms with Crippen LogP contribution in [0, 0.1) is 11.8 Å². The SMILES string of the molecule is CC1CC(C)CC(NC(=O)NCc2ccccc2S(=O)(=O)N2CCOCC2)C1. The Balaban J connectivity index is 1.62. The lowest BCUT2D eigenvalue weighted by atomic mass is 9.80. The smallest absolute Gasteiger partial charge is 0.315 e. The Morgan fingerprint density at radius 3 is 2.43 bits per heavy atom. The van der Waals surface area contributed by atoms with Gasteiger partial charge in [0.25, 0.3) is 0 Å². The normalized spacial score (nSPS) is 26.6. The summed E-state index contributed by atoms with van der Waals surface area (Å²) < 4.78 is 32.7. The fraction of sp³-hybridized carbons (Fsp3) is 0.650. The minimum Gasteiger partial charge on any atom is -0.379 e. The molecule has 1 heterocycles. The number of sulfonamides is 1. The van der Waals surface area contributed by atoms with Gasteiger partial charge in [0.05, 0.1) is 18.1 Å². The first-order valence-corrected chi connectivity index (χ1v) is 11.5. The van der Waals surface area contributed by atoms with Crippen LogP contribution in [0.4, 0.5) is 4.79 Å². The van der Waals surface area contributed by atoms with Crippen molar-refractivity contribution in [3.63, 3.8) is 0 Å². The molecule has 2 fully saturated rings. The predicted octanol–water partition coefficient (Wildman–Crippen LogP) is 2.33. The number of benzene rings is 1. The third-order valence-corrected chi connectivity index (χ3v) is 7.51. The third kappa shape index (κ3) is 5.24. The second kappa shape index (κ2) is 9.24. The van der Waals surface area contributed by atoms with E-state index in [1.165, 1.54) is 10.7 Å². The number of ether oxygens (including phenoxy) is 1. The summed E-state index contributed by atoms with van der Waals surface area (Å²) in [5.41, 5.74) is 0.592. The van der Waals surface area contributed by atoms with Gasteiger partial charge in [0.2, 0.25) is 10.0 Å². The van der Waals surface area contributed by atoms with Crippen molar-refractivity contribution in [3.05, 3.63) is 29.8 Å². The first-order valence-electron chi connectivity index (χ1n) is 10.1. The number of hydrogen-bond donors (Lipinski definition) is 2. The highest BCUT2D eigenvalue weighted by molar-refractivity contribution is 7.89. The zero-order valence-corrected chi connectivity index (χ0v) is 17.5. The number of amides is 2. The molecule has 156 valence electrons. The second-order valence-corrected chi connectivity index (χ2v) is 9.97. The highest BCUT2D eigenvalue weighted by Gasteiger charge is 2.29. The van der Waals surface area contributed by atoms with Gasteiger partial charge in [-0.1, -0.05) is 32.0 Å². The highest BCUT2D eigenvalue weighted by atomic mass is 32.2. The molecule has 2 amide bonds. The van der Waals surface area contributed by atoms with Gasteiger partial charge in [-0.15, -0.1) is 0 Å². The van der Waals surface area contributed by atoms with Gasteiger partial charge in [-0.25, -0.2) is 13.2 Å². The summed E-state index contributed by atoms with van der Waals surface area (Å²) in [5.74, 6) is 1.21. The summed E-state index contributed by atoms with van der Waals surface area (Å²) in [6.07, 6.45) is 3.17. The first-order chi connectivity index (χ1) is 13.4. The van der Waals surface area contributed by atoms with E-state index in [-0.39, 0.29) is 23.5 Å². The summed E-state index contributed by atoms with van der Waals surface area (Å²) in [6, 6.07) is 6.78. The lowest BCUT2D eigenvalue weighted by molar-refractivity contribution is 0.0730. The summed E-state index contributed by atoms with van der Waals surface area (Å²) >= 11 is 0. The molecule has 1 aromatic carbocycles. The molecule has 0 spiro atoms. The van der Waals surface area contributed by atoms with Crippen LogP contribution in [0.2, 0.25) is 0 Å². The van der Waals surface area contributed by atoms with E-state index in [1.54, 1.807) is 24.3 Å². The van der Waals surface area contributed by atoms with E-state index in [9.17, 15) is 13.2 Å². The minimum absolute atomic E-state index is 0.170. The van der Waals surface area contributed by atoms with Crippen LogP contribution >= 0.6 is 0 Å². The maximum atomic E-state index is 13.0. The number of hydrogen-bond acceptors (Lipinski definition) is 4. The van der Waals surface area contributed by atoms with Crippen LogP contribution < -0.4 is 10.6 Å². The van der Waals surface area contributed by atoms with Crippen LogP contribution in [0.15, 0.2) is 29.2 Å². The Labute approximate surface area is 167 Å². The zero-order chi connectivity index (χ0) is 20.1. The van der Waals surface area contributed by atoms with E-state index in [0.29, 0.717) is 43.7 Å². The van der Waals surface area contributed by atoms with Crippen LogP contribution in [0.3, 0.4) is 0 Å². The number of carbonyl (C=O) groups is 1. The predicted molar refractivity (Wildman–Crippen MR) is 107 cm³/mol. The Hall–Kier alpha value is -1.64. The average Bonchev–Trinajstić information content (AvgIpc) is 2.66. The van der Waals surface area contributed by atoms with Crippen molar-refractivity contribution >= 4 is 16.1 Å². The number of urea groups is 1. The number of nitrogens with zero attached hydrogens (tertiary/aromatic N) is 1. The van der Waals surface area contributed by atoms with Crippen molar-refractivity contribution in [2.24, 2.45) is 11.8 Å². The highest BCUT2D eigenvalue weighted by Crippen LogP contribution is 2.28. The van der Waals surface area contributed by atoms with Crippen molar-refractivity contribution in [1.29, 1.82) is 0 Å². The topological polar surface area (TPSA) is 87.7 Å². The Bertz CT molecular complexity index is 767. The lowest BCUT2D eigenvalue weighted by Crippen LogP contribution is -2.45. The molecule has 7 nitrogen and oxygen atoms in total. The number of rotatable bonds is 5. The van der Waals surface area contributed by atoms with Crippen molar-refractivity contribution in [2.45, 2.75) is 50.6 Å². The Morgan fingerprint density at radius 2 is 1.75 bits per heavy atom. The van der Waals surface area contributed by atoms with Crippen molar-refractivity contribution in [1.82, 2.24) is 14.9 Å². The van der Waals surface area contributed by atoms with Gasteiger partial charge in [0, 0.05) is 25.7 Å². The number of morpholine rings is 1. The maximum absolute atomic E-state index is 13.0. The molecule has 1 aliphatic carbocycles. The fourth-order valence-corrected chi connectivity index (χ4v) is 5.93. The monoisotopic (exact) mass is 409 g/mol. The van der Waals surface area contributed by atoms with E-state index >= 15 is 0 Å². The molecule has 1 aromatic rings. The van der Waals surface area contributed by atoms with Gasteiger partial charge >= 0.3 is 6.03 Å². The number of nitrogens with one attached hydrogen (secondary N) is 2. The molecule has 0 bridgehead atoms. The van der Waals surface area contributed by atoms with Crippen LogP contribution in [-0.2, 0) is 21.3 Å². The summed E-state index contributed by atoms with van der Waals surface area (Å²) in [4.78, 5) is 12.6. The summed E-state index contributed by atoms with van der Waals surface area (Å²) in [5, 5.41) is 5.88. The molecular formula is C20H31N3O4S. The van der Waals surface area contributed by atoms with Crippen LogP contribution in [0.25, 0.3) is 0 Å². The first kappa shape index (κ1) is 21.1. The summed E-state index contributed by atoms with van der Waals surface area (Å²) in [6.45, 7) is 6.11. The van der Waals surface area contributed by atoms with Gasteiger partial charge in [0.1, 0.15) is 0 Å². The molecule has 2 aliphatic rings. The van der Waals surface area contributed by atoms with Crippen molar-refractivity contribution < 1.29 is 17.9 Å². The molecule has 1 saturated heterocycles. The van der Waals surface area contributed by atoms with Gasteiger partial charge in [0.15, 0.2) is 0 Å². The van der Waals surface area contributed by atoms with Gasteiger partial charge in [-0.3, -0.25) is 0 Å². The Morgan fingerprint density at radius 1 is 1.11 bits per heavy atom. The summed E-state index contributed by atoms with van der Waals surface area (Å²) in [7, 11) is -3.60. The molecule has 3 rings (SSSR count). The van der Waals surface area contributed by atoms with Crippen molar-refractivity contribution in [3.8, 4) is 0 Å². The molecule has 2 unspecified atom stereocenters. The molecule has 2 atom stereocenters. The van der Waals surface area contributed by atoms with Gasteiger partial charge < -0.3 is 15.4 Å². The molecule has 1 saturated carbocycles. The minimum atomic E-state index is -3.60. The van der Waals surface area contributed by atoms with Crippen LogP contribution in [-0.4, -0.2) is 51.1 Å². The molecule has 28 heavy (non-hydrogen) atoms. The third-order valence-electron chi connectivity index (χ3n) is 5.51. The lowest BCUT2D eigenvalue weighted by Gasteiger charge is -2.32. The fourth-order valence-electron chi connectivity index (χ4n) is 4.30. The maximum Gasteiger partial charge on any atom is 0.315 e. The van der Waals surface area contributed by atoms with Crippen molar-refractivity contribution in [2.75, 3.05) is 26.3 Å². The Kier molecular flexibility index (Phi) is 6.95. The largest absolute Gasteiger partial charge is 0.379 e. The van der Waals surface area contributed by atoms with Crippen LogP contribution in [0.1, 0.15) is 38.7 Å². The quantitative estimate of drug-likeness (QED) is 0.781. The molecule has 2 N–H and O–H groups in total. The van der Waals surface area contributed by atoms with E-state index in [4.69, 9.17) is 4.74 Å². The molecule has 8 heteroatoms. The van der Waals surface area contributed by atoms with E-state index in [1.807, 2.05) is 0 Å². The van der Waals surface area contributed by atoms with E-state index in [0.717, 1.165) is 12.8 Å². The molecule has 0 radical (unpaired) electrons. The molecule has 0 aromatic heterocycles. The standard InChI is InChI=1S/C20H31N3O4S/c1-15-11-16(2)13-18(12-15)22-20(24)21-14-17-5-3-4-6-19(17)28(25,26)23-7-9-27-10-8-23/h3-6,15-16,18H,7-14H2,1-2H3,(H2,21,22,24). The van der Waals surface area contributed by atoms with E-state index in [2.05, 4.69) is 24.5 Å². The number of carbonyl (C=O) groups excluding carboxylic acids is 1. The second-order valence-electron chi connectivity index (χ2n) is 8.07. The molecular weight excluding hydrogens is 378 g/mol. The van der Waals surface area contributed by atoms with Crippen LogP contribution in [0.5, 0.6) is 0 Å². The van der Waals surface area contributed by atoms with Gasteiger partial charge in [-0.05, 0) is 42.7 Å².